The van der Waals surface area contributed by atoms with Crippen LogP contribution in [0.15, 0.2) is 48.5 Å². The highest BCUT2D eigenvalue weighted by atomic mass is 19.1. The van der Waals surface area contributed by atoms with E-state index in [0.29, 0.717) is 11.4 Å². The fourth-order valence-electron chi connectivity index (χ4n) is 2.64. The van der Waals surface area contributed by atoms with Crippen LogP contribution in [0.25, 0.3) is 0 Å². The van der Waals surface area contributed by atoms with Gasteiger partial charge in [-0.3, -0.25) is 9.59 Å². The summed E-state index contributed by atoms with van der Waals surface area (Å²) < 4.78 is 12.9. The van der Waals surface area contributed by atoms with Crippen LogP contribution in [0.3, 0.4) is 0 Å². The number of rotatable bonds is 4. The van der Waals surface area contributed by atoms with Gasteiger partial charge in [0.15, 0.2) is 0 Å². The number of amides is 2. The van der Waals surface area contributed by atoms with Crippen LogP contribution < -0.4 is 10.2 Å². The molecule has 0 bridgehead atoms. The van der Waals surface area contributed by atoms with Crippen molar-refractivity contribution in [3.63, 3.8) is 0 Å². The summed E-state index contributed by atoms with van der Waals surface area (Å²) in [7, 11) is 0. The molecule has 0 aliphatic carbocycles. The Bertz CT molecular complexity index is 726. The first-order chi connectivity index (χ1) is 11.1. The Balaban J connectivity index is 1.77. The molecule has 1 atom stereocenters. The summed E-state index contributed by atoms with van der Waals surface area (Å²) in [5.74, 6) is -0.871. The van der Waals surface area contributed by atoms with E-state index in [4.69, 9.17) is 0 Å². The predicted octanol–water partition coefficient (Wildman–Crippen LogP) is 3.13. The molecular formula is C18H17FN2O2. The summed E-state index contributed by atoms with van der Waals surface area (Å²) >= 11 is 0. The largest absolute Gasteiger partial charge is 0.373 e. The molecule has 23 heavy (non-hydrogen) atoms. The number of aryl methyl sites for hydroxylation is 1. The summed E-state index contributed by atoms with van der Waals surface area (Å²) in [6, 6.07) is 12.5. The Labute approximate surface area is 133 Å². The van der Waals surface area contributed by atoms with E-state index in [2.05, 4.69) is 5.32 Å². The van der Waals surface area contributed by atoms with Crippen LogP contribution in [-0.4, -0.2) is 17.9 Å². The zero-order chi connectivity index (χ0) is 16.4. The van der Waals surface area contributed by atoms with Crippen molar-refractivity contribution in [3.8, 4) is 0 Å². The highest BCUT2D eigenvalue weighted by Gasteiger charge is 2.39. The lowest BCUT2D eigenvalue weighted by Crippen LogP contribution is -2.34. The first kappa shape index (κ1) is 15.2. The molecule has 0 spiro atoms. The summed E-state index contributed by atoms with van der Waals surface area (Å²) in [6.45, 7) is 2.05. The molecule has 1 aliphatic heterocycles. The summed E-state index contributed by atoms with van der Waals surface area (Å²) in [5, 5.41) is 2.99. The fraction of sp³-hybridized carbons (Fsp3) is 0.222. The van der Waals surface area contributed by atoms with Crippen molar-refractivity contribution in [2.24, 2.45) is 0 Å². The van der Waals surface area contributed by atoms with Gasteiger partial charge in [-0.25, -0.2) is 9.29 Å². The van der Waals surface area contributed by atoms with E-state index < -0.39 is 6.04 Å². The van der Waals surface area contributed by atoms with E-state index in [1.165, 1.54) is 17.0 Å². The molecule has 4 nitrogen and oxygen atoms in total. The maximum atomic E-state index is 12.9. The molecular weight excluding hydrogens is 295 g/mol. The van der Waals surface area contributed by atoms with E-state index in [-0.39, 0.29) is 24.1 Å². The van der Waals surface area contributed by atoms with Crippen LogP contribution in [0.5, 0.6) is 0 Å². The molecule has 1 saturated heterocycles. The lowest BCUT2D eigenvalue weighted by Gasteiger charge is -2.16. The third-order valence-corrected chi connectivity index (χ3v) is 3.93. The molecule has 5 heteroatoms. The number of benzene rings is 2. The number of carbonyl (C=O) groups is 2. The predicted molar refractivity (Wildman–Crippen MR) is 86.7 cm³/mol. The molecule has 1 aliphatic rings. The second-order valence-electron chi connectivity index (χ2n) is 5.50. The van der Waals surface area contributed by atoms with E-state index in [1.54, 1.807) is 24.3 Å². The average Bonchev–Trinajstić information content (AvgIpc) is 2.84. The van der Waals surface area contributed by atoms with Crippen molar-refractivity contribution in [2.75, 3.05) is 10.2 Å². The summed E-state index contributed by atoms with van der Waals surface area (Å²) in [4.78, 5) is 25.9. The van der Waals surface area contributed by atoms with Gasteiger partial charge < -0.3 is 5.32 Å². The molecule has 2 amide bonds. The summed E-state index contributed by atoms with van der Waals surface area (Å²) in [5.41, 5.74) is 2.34. The van der Waals surface area contributed by atoms with E-state index in [1.807, 2.05) is 19.1 Å². The lowest BCUT2D eigenvalue weighted by atomic mass is 10.1. The highest BCUT2D eigenvalue weighted by Crippen LogP contribution is 2.25. The van der Waals surface area contributed by atoms with Gasteiger partial charge in [0.25, 0.3) is 5.91 Å². The maximum Gasteiger partial charge on any atom is 0.256 e. The minimum Gasteiger partial charge on any atom is -0.373 e. The Hall–Kier alpha value is -2.69. The number of anilines is 2. The standard InChI is InChI=1S/C18H17FN2O2/c1-2-12-3-9-15(10-4-12)21-17(22)11-16(18(21)23)20-14-7-5-13(19)6-8-14/h3-10,16,20H,2,11H2,1H3. The van der Waals surface area contributed by atoms with Crippen LogP contribution in [0.4, 0.5) is 15.8 Å². The van der Waals surface area contributed by atoms with Crippen LogP contribution in [0.2, 0.25) is 0 Å². The van der Waals surface area contributed by atoms with E-state index >= 15 is 0 Å². The number of nitrogens with zero attached hydrogens (tertiary/aromatic N) is 1. The molecule has 1 heterocycles. The Morgan fingerprint density at radius 3 is 2.35 bits per heavy atom. The van der Waals surface area contributed by atoms with Crippen LogP contribution in [0, 0.1) is 5.82 Å². The van der Waals surface area contributed by atoms with Crippen molar-refractivity contribution in [2.45, 2.75) is 25.8 Å². The van der Waals surface area contributed by atoms with E-state index in [0.717, 1.165) is 12.0 Å². The van der Waals surface area contributed by atoms with Gasteiger partial charge in [-0.05, 0) is 48.4 Å². The van der Waals surface area contributed by atoms with Crippen molar-refractivity contribution in [1.29, 1.82) is 0 Å². The molecule has 2 aromatic rings. The zero-order valence-electron chi connectivity index (χ0n) is 12.8. The number of imide groups is 1. The van der Waals surface area contributed by atoms with Gasteiger partial charge in [-0.15, -0.1) is 0 Å². The van der Waals surface area contributed by atoms with Gasteiger partial charge >= 0.3 is 0 Å². The quantitative estimate of drug-likeness (QED) is 0.882. The van der Waals surface area contributed by atoms with Gasteiger partial charge in [0, 0.05) is 5.69 Å². The molecule has 1 fully saturated rings. The van der Waals surface area contributed by atoms with Gasteiger partial charge in [0.1, 0.15) is 11.9 Å². The maximum absolute atomic E-state index is 12.9. The molecule has 1 unspecified atom stereocenters. The number of carbonyl (C=O) groups excluding carboxylic acids is 2. The minimum absolute atomic E-state index is 0.0890. The number of hydrogen-bond donors (Lipinski definition) is 1. The van der Waals surface area contributed by atoms with Gasteiger partial charge in [-0.2, -0.15) is 0 Å². The second kappa shape index (κ2) is 6.20. The monoisotopic (exact) mass is 312 g/mol. The lowest BCUT2D eigenvalue weighted by molar-refractivity contribution is -0.121. The molecule has 0 radical (unpaired) electrons. The average molecular weight is 312 g/mol. The molecule has 2 aromatic carbocycles. The zero-order valence-corrected chi connectivity index (χ0v) is 12.8. The van der Waals surface area contributed by atoms with Gasteiger partial charge in [-0.1, -0.05) is 19.1 Å². The Morgan fingerprint density at radius 2 is 1.74 bits per heavy atom. The third kappa shape index (κ3) is 3.08. The third-order valence-electron chi connectivity index (χ3n) is 3.93. The fourth-order valence-corrected chi connectivity index (χ4v) is 2.64. The molecule has 0 aromatic heterocycles. The Morgan fingerprint density at radius 1 is 1.09 bits per heavy atom. The summed E-state index contributed by atoms with van der Waals surface area (Å²) in [6.07, 6.45) is 0.989. The van der Waals surface area contributed by atoms with Gasteiger partial charge in [0.05, 0.1) is 12.1 Å². The first-order valence-corrected chi connectivity index (χ1v) is 7.56. The van der Waals surface area contributed by atoms with Crippen molar-refractivity contribution in [1.82, 2.24) is 0 Å². The highest BCUT2D eigenvalue weighted by molar-refractivity contribution is 6.23. The van der Waals surface area contributed by atoms with Crippen molar-refractivity contribution >= 4 is 23.2 Å². The van der Waals surface area contributed by atoms with Crippen molar-refractivity contribution < 1.29 is 14.0 Å². The first-order valence-electron chi connectivity index (χ1n) is 7.56. The van der Waals surface area contributed by atoms with Gasteiger partial charge in [0.2, 0.25) is 5.91 Å². The van der Waals surface area contributed by atoms with Crippen LogP contribution >= 0.6 is 0 Å². The van der Waals surface area contributed by atoms with Crippen molar-refractivity contribution in [3.05, 3.63) is 59.9 Å². The topological polar surface area (TPSA) is 49.4 Å². The van der Waals surface area contributed by atoms with Crippen LogP contribution in [0.1, 0.15) is 18.9 Å². The number of hydrogen-bond acceptors (Lipinski definition) is 3. The normalized spacial score (nSPS) is 17.7. The second-order valence-corrected chi connectivity index (χ2v) is 5.50. The molecule has 0 saturated carbocycles. The Kier molecular flexibility index (Phi) is 4.10. The van der Waals surface area contributed by atoms with E-state index in [9.17, 15) is 14.0 Å². The molecule has 1 N–H and O–H groups in total. The number of halogens is 1. The number of nitrogens with one attached hydrogen (secondary N) is 1. The SMILES string of the molecule is CCc1ccc(N2C(=O)CC(Nc3ccc(F)cc3)C2=O)cc1. The smallest absolute Gasteiger partial charge is 0.256 e. The van der Waals surface area contributed by atoms with Crippen LogP contribution in [-0.2, 0) is 16.0 Å². The minimum atomic E-state index is -0.626. The molecule has 118 valence electrons. The molecule has 3 rings (SSSR count).